The van der Waals surface area contributed by atoms with Crippen molar-refractivity contribution in [2.24, 2.45) is 5.92 Å². The van der Waals surface area contributed by atoms with Crippen LogP contribution in [0.5, 0.6) is 0 Å². The van der Waals surface area contributed by atoms with Crippen LogP contribution in [-0.2, 0) is 6.42 Å². The Morgan fingerprint density at radius 2 is 1.61 bits per heavy atom. The molecule has 2 aromatic carbocycles. The summed E-state index contributed by atoms with van der Waals surface area (Å²) in [6, 6.07) is 16.8. The van der Waals surface area contributed by atoms with E-state index in [0.29, 0.717) is 6.42 Å². The van der Waals surface area contributed by atoms with Crippen LogP contribution in [0.4, 0.5) is 4.39 Å². The van der Waals surface area contributed by atoms with Gasteiger partial charge < -0.3 is 0 Å². The summed E-state index contributed by atoms with van der Waals surface area (Å²) in [5.41, 5.74) is 1.81. The van der Waals surface area contributed by atoms with Crippen molar-refractivity contribution in [3.8, 4) is 0 Å². The summed E-state index contributed by atoms with van der Waals surface area (Å²) in [6.07, 6.45) is 0.649. The number of rotatable bonds is 4. The highest BCUT2D eigenvalue weighted by atomic mass is 35.5. The van der Waals surface area contributed by atoms with Crippen LogP contribution < -0.4 is 0 Å². The van der Waals surface area contributed by atoms with Gasteiger partial charge in [-0.2, -0.15) is 0 Å². The quantitative estimate of drug-likeness (QED) is 0.682. The number of alkyl halides is 1. The molecule has 0 saturated carbocycles. The van der Waals surface area contributed by atoms with Crippen molar-refractivity contribution in [3.05, 3.63) is 71.5 Å². The molecule has 0 radical (unpaired) electrons. The van der Waals surface area contributed by atoms with Crippen LogP contribution in [0.1, 0.15) is 23.4 Å². The van der Waals surface area contributed by atoms with E-state index in [4.69, 9.17) is 11.6 Å². The van der Waals surface area contributed by atoms with E-state index in [-0.39, 0.29) is 17.1 Å². The Morgan fingerprint density at radius 1 is 1.00 bits per heavy atom. The number of benzene rings is 2. The molecule has 18 heavy (non-hydrogen) atoms. The van der Waals surface area contributed by atoms with Crippen LogP contribution in [0.25, 0.3) is 0 Å². The van der Waals surface area contributed by atoms with Crippen LogP contribution in [0.2, 0.25) is 0 Å². The van der Waals surface area contributed by atoms with Crippen LogP contribution in [-0.4, -0.2) is 0 Å². The molecule has 94 valence electrons. The van der Waals surface area contributed by atoms with Gasteiger partial charge in [0.05, 0.1) is 5.38 Å². The second-order valence-electron chi connectivity index (χ2n) is 4.59. The minimum absolute atomic E-state index is 0.0918. The summed E-state index contributed by atoms with van der Waals surface area (Å²) in [5, 5.41) is -0.0918. The van der Waals surface area contributed by atoms with Crippen LogP contribution in [0.3, 0.4) is 0 Å². The number of halogens is 2. The third kappa shape index (κ3) is 3.11. The smallest absolute Gasteiger partial charge is 0.126 e. The molecule has 2 aromatic rings. The molecule has 0 bridgehead atoms. The first-order valence-corrected chi connectivity index (χ1v) is 6.54. The summed E-state index contributed by atoms with van der Waals surface area (Å²) < 4.78 is 13.6. The first kappa shape index (κ1) is 13.1. The van der Waals surface area contributed by atoms with E-state index < -0.39 is 0 Å². The Labute approximate surface area is 112 Å². The Kier molecular flexibility index (Phi) is 4.38. The molecule has 0 heterocycles. The maximum Gasteiger partial charge on any atom is 0.126 e. The molecule has 0 aliphatic rings. The fourth-order valence-corrected chi connectivity index (χ4v) is 2.31. The second kappa shape index (κ2) is 6.01. The molecule has 2 unspecified atom stereocenters. The molecule has 2 atom stereocenters. The third-order valence-corrected chi connectivity index (χ3v) is 3.80. The largest absolute Gasteiger partial charge is 0.207 e. The molecule has 2 rings (SSSR count). The molecule has 0 aromatic heterocycles. The van der Waals surface area contributed by atoms with Crippen LogP contribution >= 0.6 is 11.6 Å². The highest BCUT2D eigenvalue weighted by Gasteiger charge is 2.17. The van der Waals surface area contributed by atoms with Crippen molar-refractivity contribution in [3.63, 3.8) is 0 Å². The summed E-state index contributed by atoms with van der Waals surface area (Å²) in [5.74, 6) is 0.0345. The number of hydrogen-bond acceptors (Lipinski definition) is 0. The molecule has 0 amide bonds. The lowest BCUT2D eigenvalue weighted by molar-refractivity contribution is 0.530. The van der Waals surface area contributed by atoms with E-state index >= 15 is 0 Å². The maximum atomic E-state index is 13.6. The van der Waals surface area contributed by atoms with Gasteiger partial charge in [0.1, 0.15) is 5.82 Å². The second-order valence-corrected chi connectivity index (χ2v) is 5.06. The van der Waals surface area contributed by atoms with Gasteiger partial charge in [0, 0.05) is 0 Å². The van der Waals surface area contributed by atoms with Crippen LogP contribution in [0.15, 0.2) is 54.6 Å². The Bertz CT molecular complexity index is 495. The van der Waals surface area contributed by atoms with Gasteiger partial charge in [-0.25, -0.2) is 4.39 Å². The van der Waals surface area contributed by atoms with E-state index in [1.165, 1.54) is 6.07 Å². The molecule has 2 heteroatoms. The average molecular weight is 263 g/mol. The van der Waals surface area contributed by atoms with E-state index in [2.05, 4.69) is 6.92 Å². The normalized spacial score (nSPS) is 14.2. The molecule has 0 aliphatic heterocycles. The fourth-order valence-electron chi connectivity index (χ4n) is 2.08. The lowest BCUT2D eigenvalue weighted by Gasteiger charge is -2.18. The summed E-state index contributed by atoms with van der Waals surface area (Å²) in [7, 11) is 0. The molecule has 0 N–H and O–H groups in total. The average Bonchev–Trinajstić information content (AvgIpc) is 2.41. The van der Waals surface area contributed by atoms with Gasteiger partial charge in [-0.15, -0.1) is 11.6 Å². The van der Waals surface area contributed by atoms with E-state index in [0.717, 1.165) is 11.1 Å². The molecule has 0 spiro atoms. The Hall–Kier alpha value is -1.34. The summed E-state index contributed by atoms with van der Waals surface area (Å²) in [6.45, 7) is 2.05. The van der Waals surface area contributed by atoms with E-state index in [9.17, 15) is 4.39 Å². The molecule has 0 fully saturated rings. The minimum Gasteiger partial charge on any atom is -0.207 e. The van der Waals surface area contributed by atoms with Gasteiger partial charge in [0.15, 0.2) is 0 Å². The lowest BCUT2D eigenvalue weighted by atomic mass is 9.93. The van der Waals surface area contributed by atoms with E-state index in [1.54, 1.807) is 6.07 Å². The van der Waals surface area contributed by atoms with Crippen LogP contribution in [0, 0.1) is 11.7 Å². The van der Waals surface area contributed by atoms with Crippen molar-refractivity contribution in [1.29, 1.82) is 0 Å². The SMILES string of the molecule is CC(Cc1ccccc1F)C(Cl)c1ccccc1. The van der Waals surface area contributed by atoms with Gasteiger partial charge in [-0.1, -0.05) is 55.5 Å². The molecule has 0 nitrogen and oxygen atoms in total. The Balaban J connectivity index is 2.09. The molecular formula is C16H16ClF. The predicted octanol–water partition coefficient (Wildman–Crippen LogP) is 4.98. The van der Waals surface area contributed by atoms with Crippen molar-refractivity contribution in [2.45, 2.75) is 18.7 Å². The first-order chi connectivity index (χ1) is 8.68. The highest BCUT2D eigenvalue weighted by Crippen LogP contribution is 2.31. The monoisotopic (exact) mass is 262 g/mol. The van der Waals surface area contributed by atoms with Gasteiger partial charge in [0.2, 0.25) is 0 Å². The van der Waals surface area contributed by atoms with Gasteiger partial charge >= 0.3 is 0 Å². The predicted molar refractivity (Wildman–Crippen MR) is 74.3 cm³/mol. The van der Waals surface area contributed by atoms with Crippen molar-refractivity contribution < 1.29 is 4.39 Å². The molecule has 0 aliphatic carbocycles. The first-order valence-electron chi connectivity index (χ1n) is 6.11. The maximum absolute atomic E-state index is 13.6. The van der Waals surface area contributed by atoms with Crippen molar-refractivity contribution >= 4 is 11.6 Å². The summed E-state index contributed by atoms with van der Waals surface area (Å²) in [4.78, 5) is 0. The Morgan fingerprint density at radius 3 is 2.28 bits per heavy atom. The van der Waals surface area contributed by atoms with Gasteiger partial charge in [0.25, 0.3) is 0 Å². The fraction of sp³-hybridized carbons (Fsp3) is 0.250. The zero-order valence-corrected chi connectivity index (χ0v) is 11.1. The van der Waals surface area contributed by atoms with Crippen molar-refractivity contribution in [1.82, 2.24) is 0 Å². The molecular weight excluding hydrogens is 247 g/mol. The van der Waals surface area contributed by atoms with Gasteiger partial charge in [-0.3, -0.25) is 0 Å². The highest BCUT2D eigenvalue weighted by molar-refractivity contribution is 6.21. The standard InChI is InChI=1S/C16H16ClF/c1-12(11-14-9-5-6-10-15(14)18)16(17)13-7-3-2-4-8-13/h2-10,12,16H,11H2,1H3. The van der Waals surface area contributed by atoms with E-state index in [1.807, 2.05) is 42.5 Å². The summed E-state index contributed by atoms with van der Waals surface area (Å²) >= 11 is 6.44. The van der Waals surface area contributed by atoms with Crippen molar-refractivity contribution in [2.75, 3.05) is 0 Å². The lowest BCUT2D eigenvalue weighted by Crippen LogP contribution is -2.08. The number of hydrogen-bond donors (Lipinski definition) is 0. The zero-order chi connectivity index (χ0) is 13.0. The zero-order valence-electron chi connectivity index (χ0n) is 10.3. The molecule has 0 saturated heterocycles. The topological polar surface area (TPSA) is 0 Å². The van der Waals surface area contributed by atoms with Gasteiger partial charge in [-0.05, 0) is 29.5 Å². The third-order valence-electron chi connectivity index (χ3n) is 3.12. The minimum atomic E-state index is -0.152.